The van der Waals surface area contributed by atoms with Crippen LogP contribution in [0.5, 0.6) is 11.5 Å². The number of hydrogen-bond acceptors (Lipinski definition) is 6. The number of phenols is 1. The summed E-state index contributed by atoms with van der Waals surface area (Å²) in [5.74, 6) is 0.585. The van der Waals surface area contributed by atoms with Gasteiger partial charge < -0.3 is 25.3 Å². The number of amides is 3. The molecule has 0 aliphatic carbocycles. The molecule has 4 N–H and O–H groups in total. The zero-order chi connectivity index (χ0) is 24.7. The SMILES string of the molecule is CCOc1ccc2[nH]c3c(c2c1)CC1(C)C(=O)N(CCNCCO)C(=O)N1C3c1cccc(O)c1. The number of aliphatic hydroxyl groups excluding tert-OH is 1. The number of aliphatic hydroxyl groups is 1. The third-order valence-electron chi connectivity index (χ3n) is 6.94. The molecule has 1 aromatic heterocycles. The van der Waals surface area contributed by atoms with Gasteiger partial charge in [-0.25, -0.2) is 4.79 Å². The molecule has 9 nitrogen and oxygen atoms in total. The molecule has 9 heteroatoms. The summed E-state index contributed by atoms with van der Waals surface area (Å²) in [6.45, 7) is 5.27. The van der Waals surface area contributed by atoms with Gasteiger partial charge in [-0.3, -0.25) is 14.6 Å². The number of fused-ring (bicyclic) bond motifs is 4. The first kappa shape index (κ1) is 23.2. The Kier molecular flexibility index (Phi) is 5.90. The lowest BCUT2D eigenvalue weighted by Crippen LogP contribution is -2.53. The van der Waals surface area contributed by atoms with Crippen molar-refractivity contribution < 1.29 is 24.5 Å². The molecular formula is C26H30N4O5. The van der Waals surface area contributed by atoms with Crippen molar-refractivity contribution in [2.45, 2.75) is 31.8 Å². The molecule has 2 unspecified atom stereocenters. The van der Waals surface area contributed by atoms with Gasteiger partial charge in [-0.05, 0) is 55.3 Å². The molecule has 0 saturated carbocycles. The van der Waals surface area contributed by atoms with Gasteiger partial charge >= 0.3 is 6.03 Å². The molecule has 0 radical (unpaired) electrons. The summed E-state index contributed by atoms with van der Waals surface area (Å²) >= 11 is 0. The Hall–Kier alpha value is -3.56. The van der Waals surface area contributed by atoms with E-state index in [1.165, 1.54) is 4.90 Å². The maximum atomic E-state index is 13.7. The van der Waals surface area contributed by atoms with Crippen LogP contribution in [-0.2, 0) is 11.2 Å². The van der Waals surface area contributed by atoms with E-state index >= 15 is 0 Å². The van der Waals surface area contributed by atoms with Gasteiger partial charge in [0.2, 0.25) is 0 Å². The van der Waals surface area contributed by atoms with Gasteiger partial charge in [0.05, 0.1) is 13.2 Å². The number of hydrogen-bond donors (Lipinski definition) is 4. The van der Waals surface area contributed by atoms with E-state index in [4.69, 9.17) is 9.84 Å². The van der Waals surface area contributed by atoms with Crippen molar-refractivity contribution in [2.24, 2.45) is 0 Å². The van der Waals surface area contributed by atoms with E-state index in [0.717, 1.165) is 33.5 Å². The molecule has 0 bridgehead atoms. The Labute approximate surface area is 203 Å². The maximum absolute atomic E-state index is 13.7. The lowest BCUT2D eigenvalue weighted by molar-refractivity contribution is -0.133. The molecular weight excluding hydrogens is 448 g/mol. The molecule has 184 valence electrons. The molecule has 5 rings (SSSR count). The first-order valence-corrected chi connectivity index (χ1v) is 11.9. The minimum absolute atomic E-state index is 0.0171. The number of phenolic OH excluding ortho intramolecular Hbond substituents is 1. The van der Waals surface area contributed by atoms with Crippen molar-refractivity contribution >= 4 is 22.8 Å². The number of H-pyrrole nitrogens is 1. The summed E-state index contributed by atoms with van der Waals surface area (Å²) in [6.07, 6.45) is 0.359. The van der Waals surface area contributed by atoms with E-state index in [9.17, 15) is 14.7 Å². The van der Waals surface area contributed by atoms with Crippen LogP contribution in [0.1, 0.15) is 36.7 Å². The van der Waals surface area contributed by atoms with Crippen LogP contribution in [0, 0.1) is 0 Å². The molecule has 1 saturated heterocycles. The highest BCUT2D eigenvalue weighted by molar-refractivity contribution is 6.08. The normalized spacial score (nSPS) is 21.5. The number of nitrogens with zero attached hydrogens (tertiary/aromatic N) is 2. The molecule has 2 aliphatic heterocycles. The Morgan fingerprint density at radius 2 is 2.03 bits per heavy atom. The molecule has 35 heavy (non-hydrogen) atoms. The van der Waals surface area contributed by atoms with Crippen LogP contribution in [0.15, 0.2) is 42.5 Å². The molecule has 2 atom stereocenters. The van der Waals surface area contributed by atoms with Crippen LogP contribution >= 0.6 is 0 Å². The van der Waals surface area contributed by atoms with Gasteiger partial charge in [0.25, 0.3) is 5.91 Å². The number of aromatic amines is 1. The smallest absolute Gasteiger partial charge is 0.328 e. The minimum Gasteiger partial charge on any atom is -0.508 e. The zero-order valence-electron chi connectivity index (χ0n) is 19.9. The van der Waals surface area contributed by atoms with Gasteiger partial charge in [0.15, 0.2) is 0 Å². The molecule has 3 amide bonds. The number of benzene rings is 2. The van der Waals surface area contributed by atoms with Gasteiger partial charge in [0, 0.05) is 42.7 Å². The Morgan fingerprint density at radius 1 is 1.20 bits per heavy atom. The van der Waals surface area contributed by atoms with Crippen molar-refractivity contribution in [3.8, 4) is 11.5 Å². The zero-order valence-corrected chi connectivity index (χ0v) is 19.9. The predicted octanol–water partition coefficient (Wildman–Crippen LogP) is 2.52. The number of rotatable bonds is 8. The van der Waals surface area contributed by atoms with E-state index < -0.39 is 11.6 Å². The second-order valence-corrected chi connectivity index (χ2v) is 9.19. The topological polar surface area (TPSA) is 118 Å². The average molecular weight is 479 g/mol. The van der Waals surface area contributed by atoms with Gasteiger partial charge in [-0.2, -0.15) is 0 Å². The predicted molar refractivity (Wildman–Crippen MR) is 130 cm³/mol. The molecule has 2 aromatic carbocycles. The standard InChI is InChI=1S/C26H30N4O5/c1-3-35-18-7-8-21-19(14-18)20-15-26(2)24(33)29(11-9-27-10-12-31)25(34)30(26)23(22(20)28-21)16-5-4-6-17(32)13-16/h4-8,13-14,23,27-28,31-32H,3,9-12,15H2,1-2H3. The van der Waals surface area contributed by atoms with E-state index in [0.29, 0.717) is 26.1 Å². The van der Waals surface area contributed by atoms with Crippen molar-refractivity contribution in [2.75, 3.05) is 32.8 Å². The van der Waals surface area contributed by atoms with E-state index in [1.54, 1.807) is 23.1 Å². The third kappa shape index (κ3) is 3.71. The van der Waals surface area contributed by atoms with E-state index in [1.807, 2.05) is 38.1 Å². The first-order chi connectivity index (χ1) is 16.9. The summed E-state index contributed by atoms with van der Waals surface area (Å²) in [7, 11) is 0. The number of carbonyl (C=O) groups excluding carboxylic acids is 2. The fourth-order valence-electron chi connectivity index (χ4n) is 5.38. The quantitative estimate of drug-likeness (QED) is 0.292. The van der Waals surface area contributed by atoms with Crippen molar-refractivity contribution in [1.29, 1.82) is 0 Å². The highest BCUT2D eigenvalue weighted by Crippen LogP contribution is 2.49. The second-order valence-electron chi connectivity index (χ2n) is 9.19. The van der Waals surface area contributed by atoms with Crippen LogP contribution in [0.3, 0.4) is 0 Å². The van der Waals surface area contributed by atoms with Crippen LogP contribution < -0.4 is 10.1 Å². The Morgan fingerprint density at radius 3 is 2.77 bits per heavy atom. The number of imide groups is 1. The summed E-state index contributed by atoms with van der Waals surface area (Å²) in [4.78, 5) is 33.9. The van der Waals surface area contributed by atoms with Crippen LogP contribution in [0.2, 0.25) is 0 Å². The summed E-state index contributed by atoms with van der Waals surface area (Å²) in [6, 6.07) is 11.7. The lowest BCUT2D eigenvalue weighted by Gasteiger charge is -2.42. The monoisotopic (exact) mass is 478 g/mol. The fourth-order valence-corrected chi connectivity index (χ4v) is 5.38. The average Bonchev–Trinajstić information content (AvgIpc) is 3.28. The van der Waals surface area contributed by atoms with Gasteiger partial charge in [-0.1, -0.05) is 12.1 Å². The third-order valence-corrected chi connectivity index (χ3v) is 6.94. The van der Waals surface area contributed by atoms with Gasteiger partial charge in [0.1, 0.15) is 23.1 Å². The summed E-state index contributed by atoms with van der Waals surface area (Å²) < 4.78 is 5.72. The highest BCUT2D eigenvalue weighted by atomic mass is 16.5. The lowest BCUT2D eigenvalue weighted by atomic mass is 9.81. The van der Waals surface area contributed by atoms with Crippen molar-refractivity contribution in [3.63, 3.8) is 0 Å². The number of aromatic hydroxyl groups is 1. The number of ether oxygens (including phenoxy) is 1. The minimum atomic E-state index is -1.09. The van der Waals surface area contributed by atoms with E-state index in [-0.39, 0.29) is 30.8 Å². The number of carbonyl (C=O) groups is 2. The molecule has 2 aliphatic rings. The summed E-state index contributed by atoms with van der Waals surface area (Å²) in [5, 5.41) is 23.2. The van der Waals surface area contributed by atoms with Crippen molar-refractivity contribution in [3.05, 3.63) is 59.3 Å². The fraction of sp³-hybridized carbons (Fsp3) is 0.385. The second kappa shape index (κ2) is 8.90. The number of nitrogens with one attached hydrogen (secondary N) is 2. The van der Waals surface area contributed by atoms with Crippen LogP contribution in [-0.4, -0.2) is 75.3 Å². The van der Waals surface area contributed by atoms with Crippen molar-refractivity contribution in [1.82, 2.24) is 20.1 Å². The first-order valence-electron chi connectivity index (χ1n) is 11.9. The number of urea groups is 1. The van der Waals surface area contributed by atoms with E-state index in [2.05, 4.69) is 10.3 Å². The molecule has 1 fully saturated rings. The summed E-state index contributed by atoms with van der Waals surface area (Å²) in [5.41, 5.74) is 2.33. The maximum Gasteiger partial charge on any atom is 0.328 e. The van der Waals surface area contributed by atoms with Crippen LogP contribution in [0.4, 0.5) is 4.79 Å². The van der Waals surface area contributed by atoms with Gasteiger partial charge in [-0.15, -0.1) is 0 Å². The Balaban J connectivity index is 1.64. The highest BCUT2D eigenvalue weighted by Gasteiger charge is 2.60. The number of aromatic nitrogens is 1. The van der Waals surface area contributed by atoms with Crippen LogP contribution in [0.25, 0.3) is 10.9 Å². The molecule has 3 aromatic rings. The molecule has 3 heterocycles. The molecule has 0 spiro atoms. The Bertz CT molecular complexity index is 1290. The largest absolute Gasteiger partial charge is 0.508 e.